The number of carbonyl (C=O) groups excluding carboxylic acids is 1. The molecule has 10 heteroatoms. The minimum atomic E-state index is -4.10. The van der Waals surface area contributed by atoms with Gasteiger partial charge in [-0.1, -0.05) is 42.5 Å². The predicted molar refractivity (Wildman–Crippen MR) is 149 cm³/mol. The summed E-state index contributed by atoms with van der Waals surface area (Å²) < 4.78 is 50.6. The largest absolute Gasteiger partial charge is 0.494 e. The quantitative estimate of drug-likeness (QED) is 0.190. The topological polar surface area (TPSA) is 105 Å². The number of hydrogen-bond acceptors (Lipinski definition) is 7. The number of amides is 1. The van der Waals surface area contributed by atoms with Crippen LogP contribution in [0.4, 0.5) is 4.39 Å². The second kappa shape index (κ2) is 13.4. The second-order valence-electron chi connectivity index (χ2n) is 9.88. The average molecular weight is 571 g/mol. The number of piperidine rings is 1. The summed E-state index contributed by atoms with van der Waals surface area (Å²) in [6.45, 7) is 2.33. The van der Waals surface area contributed by atoms with Crippen LogP contribution in [0.2, 0.25) is 0 Å². The number of benzene rings is 3. The van der Waals surface area contributed by atoms with Gasteiger partial charge >= 0.3 is 0 Å². The van der Waals surface area contributed by atoms with Gasteiger partial charge in [0, 0.05) is 32.3 Å². The third-order valence-electron chi connectivity index (χ3n) is 7.43. The summed E-state index contributed by atoms with van der Waals surface area (Å²) in [5.41, 5.74) is 4.02. The number of nitrogens with one attached hydrogen (secondary N) is 1. The van der Waals surface area contributed by atoms with Gasteiger partial charge < -0.3 is 14.4 Å². The molecular weight excluding hydrogens is 535 g/mol. The van der Waals surface area contributed by atoms with E-state index in [0.29, 0.717) is 50.6 Å². The lowest BCUT2D eigenvalue weighted by molar-refractivity contribution is -0.133. The summed E-state index contributed by atoms with van der Waals surface area (Å²) >= 11 is 0. The molecule has 40 heavy (non-hydrogen) atoms. The lowest BCUT2D eigenvalue weighted by atomic mass is 9.95. The number of carbonyl (C=O) groups is 1. The molecule has 214 valence electrons. The molecule has 0 bridgehead atoms. The van der Waals surface area contributed by atoms with Crippen LogP contribution in [0.3, 0.4) is 0 Å². The Morgan fingerprint density at radius 2 is 1.75 bits per heavy atom. The molecule has 0 saturated carbocycles. The van der Waals surface area contributed by atoms with Crippen molar-refractivity contribution in [1.82, 2.24) is 10.4 Å². The first-order chi connectivity index (χ1) is 19.3. The lowest BCUT2D eigenvalue weighted by Crippen LogP contribution is -2.57. The van der Waals surface area contributed by atoms with Gasteiger partial charge in [-0.15, -0.1) is 0 Å². The van der Waals surface area contributed by atoms with E-state index in [-0.39, 0.29) is 23.6 Å². The number of rotatable bonds is 12. The zero-order valence-corrected chi connectivity index (χ0v) is 23.3. The average Bonchev–Trinajstić information content (AvgIpc) is 2.98. The van der Waals surface area contributed by atoms with E-state index in [0.717, 1.165) is 17.5 Å². The molecule has 1 amide bonds. The summed E-state index contributed by atoms with van der Waals surface area (Å²) in [5, 5.41) is 9.37. The molecule has 2 N–H and O–H groups in total. The third-order valence-corrected chi connectivity index (χ3v) is 9.94. The fourth-order valence-electron chi connectivity index (χ4n) is 5.07. The number of hydroxylamine groups is 1. The van der Waals surface area contributed by atoms with Crippen LogP contribution in [0.25, 0.3) is 11.1 Å². The molecular formula is C30H35FN2O6S. The van der Waals surface area contributed by atoms with Gasteiger partial charge in [0.1, 0.15) is 11.6 Å². The predicted octanol–water partition coefficient (Wildman–Crippen LogP) is 4.26. The molecule has 1 aliphatic heterocycles. The molecule has 1 saturated heterocycles. The smallest absolute Gasteiger partial charge is 0.265 e. The SMILES string of the molecule is COCCN1CCC(C(=O)NO)(S(=O)(=O)c2ccc(OCCCc3cccc(-c4ccccc4F)c3)cc2)CC1. The monoisotopic (exact) mass is 570 g/mol. The first-order valence-corrected chi connectivity index (χ1v) is 14.8. The van der Waals surface area contributed by atoms with Crippen LogP contribution in [-0.4, -0.2) is 69.1 Å². The Morgan fingerprint density at radius 1 is 1.02 bits per heavy atom. The highest BCUT2D eigenvalue weighted by molar-refractivity contribution is 7.93. The molecule has 0 aromatic heterocycles. The Labute approximate surface area is 234 Å². The molecule has 0 radical (unpaired) electrons. The molecule has 3 aromatic carbocycles. The summed E-state index contributed by atoms with van der Waals surface area (Å²) in [6.07, 6.45) is 1.55. The maximum atomic E-state index is 14.1. The fourth-order valence-corrected chi connectivity index (χ4v) is 7.03. The summed E-state index contributed by atoms with van der Waals surface area (Å²) in [7, 11) is -2.50. The van der Waals surface area contributed by atoms with Crippen LogP contribution in [0.15, 0.2) is 77.7 Å². The van der Waals surface area contributed by atoms with Crippen LogP contribution < -0.4 is 10.2 Å². The highest BCUT2D eigenvalue weighted by Crippen LogP contribution is 2.36. The van der Waals surface area contributed by atoms with Gasteiger partial charge in [0.15, 0.2) is 14.6 Å². The van der Waals surface area contributed by atoms with E-state index in [9.17, 15) is 22.8 Å². The first kappa shape index (κ1) is 29.7. The number of likely N-dealkylation sites (tertiary alicyclic amines) is 1. The number of ether oxygens (including phenoxy) is 2. The molecule has 0 spiro atoms. The van der Waals surface area contributed by atoms with E-state index >= 15 is 0 Å². The molecule has 0 aliphatic carbocycles. The highest BCUT2D eigenvalue weighted by Gasteiger charge is 2.52. The maximum absolute atomic E-state index is 14.1. The zero-order valence-electron chi connectivity index (χ0n) is 22.5. The van der Waals surface area contributed by atoms with Crippen LogP contribution >= 0.6 is 0 Å². The van der Waals surface area contributed by atoms with Crippen LogP contribution in [0, 0.1) is 5.82 Å². The minimum absolute atomic E-state index is 0.00116. The van der Waals surface area contributed by atoms with Crippen molar-refractivity contribution in [1.29, 1.82) is 0 Å². The number of sulfone groups is 1. The van der Waals surface area contributed by atoms with E-state index in [4.69, 9.17) is 9.47 Å². The van der Waals surface area contributed by atoms with Crippen molar-refractivity contribution in [3.05, 3.63) is 84.2 Å². The van der Waals surface area contributed by atoms with Crippen molar-refractivity contribution in [3.63, 3.8) is 0 Å². The summed E-state index contributed by atoms with van der Waals surface area (Å²) in [5.74, 6) is -0.670. The second-order valence-corrected chi connectivity index (χ2v) is 12.1. The van der Waals surface area contributed by atoms with Crippen molar-refractivity contribution in [2.75, 3.05) is 40.0 Å². The maximum Gasteiger partial charge on any atom is 0.265 e. The number of aryl methyl sites for hydroxylation is 1. The Balaban J connectivity index is 1.36. The normalized spacial score (nSPS) is 15.5. The number of halogens is 1. The number of methoxy groups -OCH3 is 1. The van der Waals surface area contributed by atoms with Gasteiger partial charge in [-0.25, -0.2) is 18.3 Å². The van der Waals surface area contributed by atoms with E-state index < -0.39 is 20.5 Å². The van der Waals surface area contributed by atoms with Crippen molar-refractivity contribution in [3.8, 4) is 16.9 Å². The molecule has 8 nitrogen and oxygen atoms in total. The van der Waals surface area contributed by atoms with Gasteiger partial charge in [0.05, 0.1) is 18.1 Å². The molecule has 0 atom stereocenters. The highest BCUT2D eigenvalue weighted by atomic mass is 32.2. The van der Waals surface area contributed by atoms with Crippen LogP contribution in [-0.2, 0) is 25.8 Å². The van der Waals surface area contributed by atoms with Crippen molar-refractivity contribution in [2.24, 2.45) is 0 Å². The van der Waals surface area contributed by atoms with Gasteiger partial charge in [0.2, 0.25) is 0 Å². The zero-order chi connectivity index (χ0) is 28.6. The van der Waals surface area contributed by atoms with Gasteiger partial charge in [-0.3, -0.25) is 10.0 Å². The van der Waals surface area contributed by atoms with Gasteiger partial charge in [-0.2, -0.15) is 0 Å². The Hall–Kier alpha value is -3.31. The van der Waals surface area contributed by atoms with E-state index in [1.165, 1.54) is 18.2 Å². The van der Waals surface area contributed by atoms with E-state index in [1.54, 1.807) is 36.9 Å². The van der Waals surface area contributed by atoms with Crippen molar-refractivity contribution < 1.29 is 32.3 Å². The van der Waals surface area contributed by atoms with E-state index in [1.807, 2.05) is 35.2 Å². The fraction of sp³-hybridized carbons (Fsp3) is 0.367. The van der Waals surface area contributed by atoms with Crippen LogP contribution in [0.1, 0.15) is 24.8 Å². The van der Waals surface area contributed by atoms with Gasteiger partial charge in [-0.05, 0) is 67.1 Å². The summed E-state index contributed by atoms with van der Waals surface area (Å²) in [6, 6.07) is 20.4. The molecule has 1 heterocycles. The lowest BCUT2D eigenvalue weighted by Gasteiger charge is -2.39. The Morgan fingerprint density at radius 3 is 2.42 bits per heavy atom. The molecule has 0 unspecified atom stereocenters. The standard InChI is InChI=1S/C30H35FN2O6S/c1-38-21-19-33-17-15-30(16-18-33,29(34)32-35)40(36,37)26-13-11-25(12-14-26)39-20-5-7-23-6-4-8-24(22-23)27-9-2-3-10-28(27)31/h2-4,6,8-14,22,35H,5,7,15-21H2,1H3,(H,32,34). The first-order valence-electron chi connectivity index (χ1n) is 13.3. The molecule has 4 rings (SSSR count). The molecule has 3 aromatic rings. The number of nitrogens with zero attached hydrogens (tertiary/aromatic N) is 1. The number of hydrogen-bond donors (Lipinski definition) is 2. The van der Waals surface area contributed by atoms with Crippen molar-refractivity contribution in [2.45, 2.75) is 35.3 Å². The third kappa shape index (κ3) is 6.52. The van der Waals surface area contributed by atoms with Crippen molar-refractivity contribution >= 4 is 15.7 Å². The van der Waals surface area contributed by atoms with Gasteiger partial charge in [0.25, 0.3) is 5.91 Å². The molecule has 1 fully saturated rings. The van der Waals surface area contributed by atoms with E-state index in [2.05, 4.69) is 0 Å². The Bertz CT molecular complexity index is 1390. The summed E-state index contributed by atoms with van der Waals surface area (Å²) in [4.78, 5) is 14.7. The molecule has 1 aliphatic rings. The Kier molecular flexibility index (Phi) is 9.91. The van der Waals surface area contributed by atoms with Crippen LogP contribution in [0.5, 0.6) is 5.75 Å². The minimum Gasteiger partial charge on any atom is -0.494 e.